The monoisotopic (exact) mass is 328 g/mol. The van der Waals surface area contributed by atoms with Gasteiger partial charge < -0.3 is 20.5 Å². The Morgan fingerprint density at radius 2 is 2.13 bits per heavy atom. The van der Waals surface area contributed by atoms with Crippen molar-refractivity contribution in [3.8, 4) is 5.75 Å². The van der Waals surface area contributed by atoms with E-state index < -0.39 is 19.1 Å². The molecule has 1 saturated carbocycles. The highest BCUT2D eigenvalue weighted by Crippen LogP contribution is 2.25. The number of hydrogen-bond acceptors (Lipinski definition) is 3. The number of aliphatic hydroxyl groups is 1. The number of amides is 2. The second kappa shape index (κ2) is 8.67. The Bertz CT molecular complexity index is 514. The molecular formula is C16H22F2N2O3. The van der Waals surface area contributed by atoms with Crippen molar-refractivity contribution in [2.75, 3.05) is 18.5 Å². The molecule has 1 fully saturated rings. The molecule has 0 bridgehead atoms. The van der Waals surface area contributed by atoms with Crippen molar-refractivity contribution in [2.24, 2.45) is 5.92 Å². The molecule has 3 N–H and O–H groups in total. The Balaban J connectivity index is 1.82. The lowest BCUT2D eigenvalue weighted by Crippen LogP contribution is -2.35. The lowest BCUT2D eigenvalue weighted by Gasteiger charge is -2.26. The van der Waals surface area contributed by atoms with Crippen LogP contribution in [0.25, 0.3) is 0 Å². The third kappa shape index (κ3) is 6.02. The van der Waals surface area contributed by atoms with Gasteiger partial charge >= 0.3 is 6.03 Å². The molecule has 2 atom stereocenters. The number of benzene rings is 1. The SMILES string of the molecule is O=C(NCC1CCCC(O)C1)Nc1ccccc1OCC(F)F. The van der Waals surface area contributed by atoms with Crippen molar-refractivity contribution >= 4 is 11.7 Å². The maximum Gasteiger partial charge on any atom is 0.319 e. The maximum atomic E-state index is 12.2. The van der Waals surface area contributed by atoms with Crippen molar-refractivity contribution < 1.29 is 23.4 Å². The van der Waals surface area contributed by atoms with E-state index in [1.54, 1.807) is 18.2 Å². The summed E-state index contributed by atoms with van der Waals surface area (Å²) in [6.07, 6.45) is 0.577. The quantitative estimate of drug-likeness (QED) is 0.752. The van der Waals surface area contributed by atoms with Gasteiger partial charge in [-0.25, -0.2) is 13.6 Å². The van der Waals surface area contributed by atoms with Gasteiger partial charge in [0.05, 0.1) is 11.8 Å². The number of aliphatic hydroxyl groups excluding tert-OH is 1. The van der Waals surface area contributed by atoms with Crippen LogP contribution in [-0.2, 0) is 0 Å². The zero-order valence-corrected chi connectivity index (χ0v) is 12.8. The minimum atomic E-state index is -2.57. The van der Waals surface area contributed by atoms with Gasteiger partial charge in [-0.1, -0.05) is 18.6 Å². The van der Waals surface area contributed by atoms with Crippen LogP contribution in [0.2, 0.25) is 0 Å². The number of ether oxygens (including phenoxy) is 1. The van der Waals surface area contributed by atoms with Gasteiger partial charge in [0.25, 0.3) is 6.43 Å². The minimum absolute atomic E-state index is 0.205. The van der Waals surface area contributed by atoms with Gasteiger partial charge in [0, 0.05) is 6.54 Å². The summed E-state index contributed by atoms with van der Waals surface area (Å²) in [7, 11) is 0. The van der Waals surface area contributed by atoms with Crippen LogP contribution in [-0.4, -0.2) is 36.8 Å². The fraction of sp³-hybridized carbons (Fsp3) is 0.562. The zero-order valence-electron chi connectivity index (χ0n) is 12.8. The minimum Gasteiger partial charge on any atom is -0.485 e. The number of rotatable bonds is 6. The number of carbonyl (C=O) groups is 1. The number of para-hydroxylation sites is 2. The molecule has 0 spiro atoms. The Labute approximate surface area is 134 Å². The van der Waals surface area contributed by atoms with Gasteiger partial charge in [0.2, 0.25) is 0 Å². The van der Waals surface area contributed by atoms with E-state index in [1.807, 2.05) is 0 Å². The van der Waals surface area contributed by atoms with E-state index >= 15 is 0 Å². The molecule has 0 heterocycles. The summed E-state index contributed by atoms with van der Waals surface area (Å²) >= 11 is 0. The molecule has 1 aromatic carbocycles. The number of anilines is 1. The number of halogens is 2. The zero-order chi connectivity index (χ0) is 16.7. The van der Waals surface area contributed by atoms with Crippen molar-refractivity contribution in [3.63, 3.8) is 0 Å². The highest BCUT2D eigenvalue weighted by Gasteiger charge is 2.20. The molecule has 0 saturated heterocycles. The van der Waals surface area contributed by atoms with Crippen molar-refractivity contribution in [2.45, 2.75) is 38.2 Å². The third-order valence-electron chi connectivity index (χ3n) is 3.81. The molecule has 2 amide bonds. The summed E-state index contributed by atoms with van der Waals surface area (Å²) in [6.45, 7) is -0.247. The molecule has 0 radical (unpaired) electrons. The number of urea groups is 1. The second-order valence-electron chi connectivity index (χ2n) is 5.72. The lowest BCUT2D eigenvalue weighted by molar-refractivity contribution is 0.0822. The first-order valence-corrected chi connectivity index (χ1v) is 7.77. The van der Waals surface area contributed by atoms with Crippen LogP contribution < -0.4 is 15.4 Å². The molecule has 1 aliphatic rings. The molecule has 1 aromatic rings. The van der Waals surface area contributed by atoms with E-state index in [0.717, 1.165) is 19.3 Å². The molecule has 2 rings (SSSR count). The van der Waals surface area contributed by atoms with Crippen molar-refractivity contribution in [3.05, 3.63) is 24.3 Å². The molecule has 2 unspecified atom stereocenters. The van der Waals surface area contributed by atoms with Gasteiger partial charge in [0.1, 0.15) is 12.4 Å². The molecule has 23 heavy (non-hydrogen) atoms. The fourth-order valence-electron chi connectivity index (χ4n) is 2.70. The standard InChI is InChI=1S/C16H22F2N2O3/c17-15(18)10-23-14-7-2-1-6-13(14)20-16(22)19-9-11-4-3-5-12(21)8-11/h1-2,6-7,11-12,15,21H,3-5,8-10H2,(H2,19,20,22). The average molecular weight is 328 g/mol. The van der Waals surface area contributed by atoms with Crippen LogP contribution in [0.4, 0.5) is 19.3 Å². The van der Waals surface area contributed by atoms with Crippen LogP contribution in [0.3, 0.4) is 0 Å². The average Bonchev–Trinajstić information content (AvgIpc) is 2.52. The molecule has 7 heteroatoms. The Hall–Kier alpha value is -1.89. The fourth-order valence-corrected chi connectivity index (χ4v) is 2.70. The summed E-state index contributed by atoms with van der Waals surface area (Å²) in [6, 6.07) is 6.02. The summed E-state index contributed by atoms with van der Waals surface area (Å²) < 4.78 is 29.4. The first-order valence-electron chi connectivity index (χ1n) is 7.77. The Kier molecular flexibility index (Phi) is 6.58. The van der Waals surface area contributed by atoms with E-state index in [0.29, 0.717) is 18.7 Å². The van der Waals surface area contributed by atoms with Crippen LogP contribution in [0.5, 0.6) is 5.75 Å². The summed E-state index contributed by atoms with van der Waals surface area (Å²) in [5, 5.41) is 15.0. The van der Waals surface area contributed by atoms with Crippen LogP contribution in [0.15, 0.2) is 24.3 Å². The maximum absolute atomic E-state index is 12.2. The molecule has 1 aliphatic carbocycles. The molecule has 0 aromatic heterocycles. The number of alkyl halides is 2. The molecule has 0 aliphatic heterocycles. The van der Waals surface area contributed by atoms with E-state index in [4.69, 9.17) is 4.74 Å². The van der Waals surface area contributed by atoms with Crippen molar-refractivity contribution in [1.82, 2.24) is 5.32 Å². The van der Waals surface area contributed by atoms with Crippen LogP contribution in [0.1, 0.15) is 25.7 Å². The molecule has 5 nitrogen and oxygen atoms in total. The van der Waals surface area contributed by atoms with Gasteiger partial charge in [-0.15, -0.1) is 0 Å². The second-order valence-corrected chi connectivity index (χ2v) is 5.72. The Morgan fingerprint density at radius 1 is 1.35 bits per heavy atom. The van der Waals surface area contributed by atoms with Gasteiger partial charge in [-0.2, -0.15) is 0 Å². The topological polar surface area (TPSA) is 70.6 Å². The largest absolute Gasteiger partial charge is 0.485 e. The third-order valence-corrected chi connectivity index (χ3v) is 3.81. The van der Waals surface area contributed by atoms with E-state index in [9.17, 15) is 18.7 Å². The summed E-state index contributed by atoms with van der Waals surface area (Å²) in [5.74, 6) is 0.464. The first-order chi connectivity index (χ1) is 11.0. The van der Waals surface area contributed by atoms with Crippen LogP contribution in [0, 0.1) is 5.92 Å². The lowest BCUT2D eigenvalue weighted by atomic mass is 9.87. The first kappa shape index (κ1) is 17.5. The smallest absolute Gasteiger partial charge is 0.319 e. The van der Waals surface area contributed by atoms with E-state index in [-0.39, 0.29) is 17.8 Å². The molecular weight excluding hydrogens is 306 g/mol. The van der Waals surface area contributed by atoms with Gasteiger partial charge in [-0.05, 0) is 37.3 Å². The van der Waals surface area contributed by atoms with Crippen LogP contribution >= 0.6 is 0 Å². The predicted octanol–water partition coefficient (Wildman–Crippen LogP) is 3.00. The van der Waals surface area contributed by atoms with E-state index in [1.165, 1.54) is 6.07 Å². The highest BCUT2D eigenvalue weighted by molar-refractivity contribution is 5.90. The van der Waals surface area contributed by atoms with Gasteiger partial charge in [-0.3, -0.25) is 0 Å². The number of carbonyl (C=O) groups excluding carboxylic acids is 1. The molecule has 128 valence electrons. The Morgan fingerprint density at radius 3 is 2.87 bits per heavy atom. The van der Waals surface area contributed by atoms with Gasteiger partial charge in [0.15, 0.2) is 0 Å². The summed E-state index contributed by atoms with van der Waals surface area (Å²) in [5.41, 5.74) is 0.342. The predicted molar refractivity (Wildman–Crippen MR) is 82.9 cm³/mol. The number of nitrogens with one attached hydrogen (secondary N) is 2. The highest BCUT2D eigenvalue weighted by atomic mass is 19.3. The van der Waals surface area contributed by atoms with Crippen molar-refractivity contribution in [1.29, 1.82) is 0 Å². The number of hydrogen-bond donors (Lipinski definition) is 3. The normalized spacial score (nSPS) is 21.0. The summed E-state index contributed by atoms with van der Waals surface area (Å²) in [4.78, 5) is 11.9. The van der Waals surface area contributed by atoms with E-state index in [2.05, 4.69) is 10.6 Å².